The van der Waals surface area contributed by atoms with E-state index in [-0.39, 0.29) is 16.1 Å². The maximum absolute atomic E-state index is 12.9. The van der Waals surface area contributed by atoms with Crippen LogP contribution in [0.25, 0.3) is 21.0 Å². The lowest BCUT2D eigenvalue weighted by Gasteiger charge is -2.08. The van der Waals surface area contributed by atoms with E-state index in [9.17, 15) is 18.0 Å². The predicted octanol–water partition coefficient (Wildman–Crippen LogP) is 2.68. The molecule has 1 amide bonds. The highest BCUT2D eigenvalue weighted by Gasteiger charge is 2.18. The molecule has 0 spiro atoms. The molecule has 4 rings (SSSR count). The summed E-state index contributed by atoms with van der Waals surface area (Å²) < 4.78 is 25.4. The van der Waals surface area contributed by atoms with E-state index in [0.717, 1.165) is 6.26 Å². The van der Waals surface area contributed by atoms with Gasteiger partial charge in [-0.25, -0.2) is 18.1 Å². The minimum absolute atomic E-state index is 0.123. The number of amides is 1. The van der Waals surface area contributed by atoms with Crippen LogP contribution in [0, 0.1) is 0 Å². The molecule has 29 heavy (non-hydrogen) atoms. The van der Waals surface area contributed by atoms with Crippen LogP contribution in [0.4, 0.5) is 5.13 Å². The highest BCUT2D eigenvalue weighted by atomic mass is 32.2. The molecule has 8 nitrogen and oxygen atoms in total. The molecule has 0 aliphatic carbocycles. The normalized spacial score (nSPS) is 11.8. The van der Waals surface area contributed by atoms with Gasteiger partial charge in [0.15, 0.2) is 20.7 Å². The number of nitrogens with zero attached hydrogens (tertiary/aromatic N) is 3. The Hall–Kier alpha value is -3.11. The Bertz CT molecular complexity index is 1440. The standard InChI is InChI=1S/C19H16N4O4S2/c1-3-23-18(25)13-7-5-4-6-12(13)16(22-23)17(24)21-19-20-14-9-8-11(29(2,26)27)10-15(14)28-19/h4-10H,3H2,1-2H3,(H,20,21,24). The maximum Gasteiger partial charge on any atom is 0.278 e. The first kappa shape index (κ1) is 19.2. The first-order chi connectivity index (χ1) is 13.8. The molecule has 0 unspecified atom stereocenters. The zero-order valence-electron chi connectivity index (χ0n) is 15.5. The van der Waals surface area contributed by atoms with Crippen molar-refractivity contribution in [2.75, 3.05) is 11.6 Å². The number of aromatic nitrogens is 3. The second kappa shape index (κ2) is 7.05. The summed E-state index contributed by atoms with van der Waals surface area (Å²) in [5, 5.41) is 8.10. The molecule has 0 saturated heterocycles. The van der Waals surface area contributed by atoms with Crippen LogP contribution in [-0.4, -0.2) is 35.3 Å². The van der Waals surface area contributed by atoms with E-state index < -0.39 is 15.7 Å². The molecule has 2 heterocycles. The number of sulfone groups is 1. The summed E-state index contributed by atoms with van der Waals surface area (Å²) in [7, 11) is -3.34. The first-order valence-corrected chi connectivity index (χ1v) is 11.4. The summed E-state index contributed by atoms with van der Waals surface area (Å²) >= 11 is 1.17. The fourth-order valence-corrected chi connectivity index (χ4v) is 4.58. The minimum Gasteiger partial charge on any atom is -0.296 e. The number of hydrogen-bond donors (Lipinski definition) is 1. The fraction of sp³-hybridized carbons (Fsp3) is 0.158. The number of aryl methyl sites for hydroxylation is 1. The summed E-state index contributed by atoms with van der Waals surface area (Å²) in [4.78, 5) is 29.9. The lowest BCUT2D eigenvalue weighted by molar-refractivity contribution is 0.102. The molecule has 10 heteroatoms. The molecule has 1 N–H and O–H groups in total. The van der Waals surface area contributed by atoms with Gasteiger partial charge in [0.1, 0.15) is 0 Å². The van der Waals surface area contributed by atoms with Crippen molar-refractivity contribution in [3.05, 3.63) is 58.5 Å². The Kier molecular flexibility index (Phi) is 4.67. The van der Waals surface area contributed by atoms with Crippen LogP contribution in [-0.2, 0) is 16.4 Å². The van der Waals surface area contributed by atoms with E-state index in [4.69, 9.17) is 0 Å². The van der Waals surface area contributed by atoms with Gasteiger partial charge in [-0.1, -0.05) is 29.5 Å². The SMILES string of the molecule is CCn1nc(C(=O)Nc2nc3ccc(S(C)(=O)=O)cc3s2)c2ccccc2c1=O. The van der Waals surface area contributed by atoms with E-state index >= 15 is 0 Å². The lowest BCUT2D eigenvalue weighted by Crippen LogP contribution is -2.27. The lowest BCUT2D eigenvalue weighted by atomic mass is 10.1. The number of rotatable bonds is 4. The number of thiazole rings is 1. The molecule has 0 radical (unpaired) electrons. The molecule has 0 fully saturated rings. The van der Waals surface area contributed by atoms with Crippen LogP contribution in [0.2, 0.25) is 0 Å². The van der Waals surface area contributed by atoms with Gasteiger partial charge in [0.25, 0.3) is 11.5 Å². The fourth-order valence-electron chi connectivity index (χ4n) is 2.96. The zero-order chi connectivity index (χ0) is 20.8. The van der Waals surface area contributed by atoms with E-state index in [1.807, 2.05) is 0 Å². The topological polar surface area (TPSA) is 111 Å². The number of carbonyl (C=O) groups is 1. The number of benzene rings is 2. The molecule has 2 aromatic carbocycles. The summed E-state index contributed by atoms with van der Waals surface area (Å²) in [5.41, 5.74) is 0.445. The number of carbonyl (C=O) groups excluding carboxylic acids is 1. The van der Waals surface area contributed by atoms with Crippen molar-refractivity contribution in [2.45, 2.75) is 18.4 Å². The summed E-state index contributed by atoms with van der Waals surface area (Å²) in [6.45, 7) is 2.11. The van der Waals surface area contributed by atoms with Crippen molar-refractivity contribution in [1.29, 1.82) is 0 Å². The van der Waals surface area contributed by atoms with E-state index in [0.29, 0.717) is 32.7 Å². The Morgan fingerprint density at radius 1 is 1.17 bits per heavy atom. The van der Waals surface area contributed by atoms with Gasteiger partial charge < -0.3 is 0 Å². The van der Waals surface area contributed by atoms with Crippen molar-refractivity contribution in [1.82, 2.24) is 14.8 Å². The second-order valence-corrected chi connectivity index (χ2v) is 9.44. The van der Waals surface area contributed by atoms with Crippen molar-refractivity contribution in [3.63, 3.8) is 0 Å². The van der Waals surface area contributed by atoms with E-state index in [1.54, 1.807) is 37.3 Å². The van der Waals surface area contributed by atoms with Crippen molar-refractivity contribution < 1.29 is 13.2 Å². The largest absolute Gasteiger partial charge is 0.296 e. The van der Waals surface area contributed by atoms with Gasteiger partial charge in [-0.2, -0.15) is 5.10 Å². The van der Waals surface area contributed by atoms with Crippen molar-refractivity contribution in [3.8, 4) is 0 Å². The van der Waals surface area contributed by atoms with Crippen LogP contribution in [0.3, 0.4) is 0 Å². The second-order valence-electron chi connectivity index (χ2n) is 6.39. The monoisotopic (exact) mass is 428 g/mol. The third-order valence-electron chi connectivity index (χ3n) is 4.39. The summed E-state index contributed by atoms with van der Waals surface area (Å²) in [6.07, 6.45) is 1.14. The third kappa shape index (κ3) is 3.52. The van der Waals surface area contributed by atoms with Crippen LogP contribution >= 0.6 is 11.3 Å². The molecule has 148 valence electrons. The van der Waals surface area contributed by atoms with Gasteiger partial charge >= 0.3 is 0 Å². The van der Waals surface area contributed by atoms with Crippen LogP contribution in [0.15, 0.2) is 52.2 Å². The number of anilines is 1. The quantitative estimate of drug-likeness (QED) is 0.535. The van der Waals surface area contributed by atoms with Gasteiger partial charge in [0.2, 0.25) is 0 Å². The third-order valence-corrected chi connectivity index (χ3v) is 6.43. The molecule has 0 aliphatic heterocycles. The molecule has 0 aliphatic rings. The predicted molar refractivity (Wildman–Crippen MR) is 112 cm³/mol. The van der Waals surface area contributed by atoms with Crippen molar-refractivity contribution in [2.24, 2.45) is 0 Å². The highest BCUT2D eigenvalue weighted by molar-refractivity contribution is 7.90. The number of nitrogens with one attached hydrogen (secondary N) is 1. The van der Waals surface area contributed by atoms with Gasteiger partial charge in [-0.05, 0) is 31.2 Å². The van der Waals surface area contributed by atoms with Crippen LogP contribution in [0.5, 0.6) is 0 Å². The molecular weight excluding hydrogens is 412 g/mol. The Balaban J connectivity index is 1.75. The maximum atomic E-state index is 12.9. The van der Waals surface area contributed by atoms with E-state index in [2.05, 4.69) is 15.4 Å². The van der Waals surface area contributed by atoms with Gasteiger partial charge in [-0.3, -0.25) is 14.9 Å². The zero-order valence-corrected chi connectivity index (χ0v) is 17.2. The molecule has 0 atom stereocenters. The highest BCUT2D eigenvalue weighted by Crippen LogP contribution is 2.28. The summed E-state index contributed by atoms with van der Waals surface area (Å²) in [6, 6.07) is 11.4. The average Bonchev–Trinajstić information content (AvgIpc) is 3.09. The first-order valence-electron chi connectivity index (χ1n) is 8.70. The van der Waals surface area contributed by atoms with Gasteiger partial charge in [-0.15, -0.1) is 0 Å². The minimum atomic E-state index is -3.34. The number of fused-ring (bicyclic) bond motifs is 2. The summed E-state index contributed by atoms with van der Waals surface area (Å²) in [5.74, 6) is -0.495. The Labute approximate surface area is 169 Å². The molecule has 2 aromatic heterocycles. The van der Waals surface area contributed by atoms with E-state index in [1.165, 1.54) is 28.2 Å². The Morgan fingerprint density at radius 2 is 1.90 bits per heavy atom. The molecule has 0 bridgehead atoms. The van der Waals surface area contributed by atoms with Crippen LogP contribution < -0.4 is 10.9 Å². The Morgan fingerprint density at radius 3 is 2.59 bits per heavy atom. The smallest absolute Gasteiger partial charge is 0.278 e. The molecule has 0 saturated carbocycles. The molecule has 4 aromatic rings. The average molecular weight is 428 g/mol. The van der Waals surface area contributed by atoms with Gasteiger partial charge in [0.05, 0.1) is 20.5 Å². The van der Waals surface area contributed by atoms with Gasteiger partial charge in [0, 0.05) is 18.2 Å². The molecular formula is C19H16N4O4S2. The van der Waals surface area contributed by atoms with Crippen molar-refractivity contribution >= 4 is 53.2 Å². The number of hydrogen-bond acceptors (Lipinski definition) is 7. The van der Waals surface area contributed by atoms with Crippen LogP contribution in [0.1, 0.15) is 17.4 Å².